The van der Waals surface area contributed by atoms with E-state index in [1.165, 1.54) is 25.7 Å². The highest BCUT2D eigenvalue weighted by atomic mass is 35.5. The van der Waals surface area contributed by atoms with Crippen LogP contribution < -0.4 is 0 Å². The van der Waals surface area contributed by atoms with Gasteiger partial charge in [0.05, 0.1) is 6.04 Å². The molecule has 1 atom stereocenters. The summed E-state index contributed by atoms with van der Waals surface area (Å²) in [6.07, 6.45) is 6.28. The molecule has 2 nitrogen and oxygen atoms in total. The Hall–Kier alpha value is -0.110. The van der Waals surface area contributed by atoms with Gasteiger partial charge >= 0.3 is 0 Å². The molecule has 1 unspecified atom stereocenters. The maximum atomic E-state index is 5.90. The molecule has 0 spiro atoms. The van der Waals surface area contributed by atoms with Crippen molar-refractivity contribution in [1.82, 2.24) is 0 Å². The highest BCUT2D eigenvalue weighted by Crippen LogP contribution is 2.16. The van der Waals surface area contributed by atoms with E-state index in [-0.39, 0.29) is 0 Å². The van der Waals surface area contributed by atoms with Gasteiger partial charge in [-0.2, -0.15) is 10.2 Å². The van der Waals surface area contributed by atoms with E-state index >= 15 is 0 Å². The minimum Gasteiger partial charge on any atom is -0.189 e. The summed E-state index contributed by atoms with van der Waals surface area (Å²) in [5, 5.41) is 8.23. The van der Waals surface area contributed by atoms with E-state index < -0.39 is 5.00 Å². The van der Waals surface area contributed by atoms with Crippen LogP contribution in [0.4, 0.5) is 0 Å². The zero-order chi connectivity index (χ0) is 11.0. The van der Waals surface area contributed by atoms with Crippen LogP contribution in [0.5, 0.6) is 0 Å². The number of hydrogen-bond acceptors (Lipinski definition) is 2. The molecule has 0 saturated heterocycles. The van der Waals surface area contributed by atoms with Crippen LogP contribution in [0.3, 0.4) is 0 Å². The molecule has 0 aromatic rings. The predicted molar refractivity (Wildman–Crippen MR) is 63.0 cm³/mol. The first-order valence-corrected chi connectivity index (χ1v) is 5.94. The zero-order valence-corrected chi connectivity index (χ0v) is 10.6. The van der Waals surface area contributed by atoms with Gasteiger partial charge in [0.15, 0.2) is 0 Å². The van der Waals surface area contributed by atoms with Gasteiger partial charge in [0.1, 0.15) is 5.00 Å². The average Bonchev–Trinajstić information content (AvgIpc) is 2.08. The second-order valence-corrected chi connectivity index (χ2v) is 5.25. The predicted octanol–water partition coefficient (Wildman–Crippen LogP) is 4.77. The smallest absolute Gasteiger partial charge is 0.149 e. The standard InChI is InChI=1S/C11H23ClN2/c1-5-6-7-8-9-10(2)13-14-11(3,4)12/h10H,5-9H2,1-4H3. The molecule has 0 heterocycles. The fraction of sp³-hybridized carbons (Fsp3) is 1.00. The number of alkyl halides is 1. The molecule has 0 saturated carbocycles. The van der Waals surface area contributed by atoms with Crippen LogP contribution in [0, 0.1) is 0 Å². The molecule has 0 rings (SSSR count). The lowest BCUT2D eigenvalue weighted by Crippen LogP contribution is -2.06. The van der Waals surface area contributed by atoms with Crippen LogP contribution in [0.1, 0.15) is 59.8 Å². The van der Waals surface area contributed by atoms with Crippen molar-refractivity contribution in [2.75, 3.05) is 0 Å². The second kappa shape index (κ2) is 7.22. The molecular weight excluding hydrogens is 196 g/mol. The van der Waals surface area contributed by atoms with Gasteiger partial charge in [0.25, 0.3) is 0 Å². The first kappa shape index (κ1) is 13.9. The van der Waals surface area contributed by atoms with E-state index in [1.807, 2.05) is 13.8 Å². The maximum Gasteiger partial charge on any atom is 0.149 e. The van der Waals surface area contributed by atoms with Gasteiger partial charge in [0, 0.05) is 0 Å². The molecule has 3 heteroatoms. The Morgan fingerprint density at radius 3 is 2.36 bits per heavy atom. The quantitative estimate of drug-likeness (QED) is 0.255. The summed E-state index contributed by atoms with van der Waals surface area (Å²) in [5.41, 5.74) is 0. The molecule has 14 heavy (non-hydrogen) atoms. The third-order valence-electron chi connectivity index (χ3n) is 1.97. The SMILES string of the molecule is CCCCCCC(C)N=NC(C)(C)Cl. The minimum absolute atomic E-state index is 0.310. The Balaban J connectivity index is 3.55. The van der Waals surface area contributed by atoms with Crippen molar-refractivity contribution in [1.29, 1.82) is 0 Å². The van der Waals surface area contributed by atoms with E-state index in [1.54, 1.807) is 0 Å². The molecule has 0 radical (unpaired) electrons. The summed E-state index contributed by atoms with van der Waals surface area (Å²) < 4.78 is 0. The van der Waals surface area contributed by atoms with E-state index in [2.05, 4.69) is 24.1 Å². The molecule has 0 aromatic carbocycles. The normalized spacial score (nSPS) is 14.9. The number of azo groups is 1. The fourth-order valence-corrected chi connectivity index (χ4v) is 1.20. The number of nitrogens with zero attached hydrogens (tertiary/aromatic N) is 2. The topological polar surface area (TPSA) is 24.7 Å². The first-order valence-electron chi connectivity index (χ1n) is 5.56. The summed E-state index contributed by atoms with van der Waals surface area (Å²) in [5.74, 6) is 0. The average molecular weight is 219 g/mol. The summed E-state index contributed by atoms with van der Waals surface area (Å²) in [7, 11) is 0. The van der Waals surface area contributed by atoms with Crippen molar-refractivity contribution >= 4 is 11.6 Å². The molecule has 84 valence electrons. The lowest BCUT2D eigenvalue weighted by molar-refractivity contribution is 0.538. The Kier molecular flexibility index (Phi) is 7.16. The number of rotatable bonds is 7. The summed E-state index contributed by atoms with van der Waals surface area (Å²) in [6, 6.07) is 0.310. The second-order valence-electron chi connectivity index (χ2n) is 4.32. The Bertz CT molecular complexity index is 161. The molecular formula is C11H23ClN2. The summed E-state index contributed by atoms with van der Waals surface area (Å²) in [4.78, 5) is -0.544. The number of halogens is 1. The molecule has 0 bridgehead atoms. The lowest BCUT2D eigenvalue weighted by atomic mass is 10.1. The van der Waals surface area contributed by atoms with Crippen molar-refractivity contribution in [2.45, 2.75) is 70.8 Å². The van der Waals surface area contributed by atoms with Crippen molar-refractivity contribution in [3.63, 3.8) is 0 Å². The van der Waals surface area contributed by atoms with E-state index in [9.17, 15) is 0 Å². The monoisotopic (exact) mass is 218 g/mol. The van der Waals surface area contributed by atoms with Crippen LogP contribution in [-0.4, -0.2) is 11.0 Å². The maximum absolute atomic E-state index is 5.90. The molecule has 0 aliphatic rings. The van der Waals surface area contributed by atoms with Crippen LogP contribution in [0.15, 0.2) is 10.2 Å². The number of unbranched alkanes of at least 4 members (excludes halogenated alkanes) is 3. The van der Waals surface area contributed by atoms with Crippen LogP contribution in [0.25, 0.3) is 0 Å². The van der Waals surface area contributed by atoms with E-state index in [0.717, 1.165) is 6.42 Å². The highest BCUT2D eigenvalue weighted by molar-refractivity contribution is 6.23. The number of hydrogen-bond donors (Lipinski definition) is 0. The Labute approximate surface area is 93.1 Å². The van der Waals surface area contributed by atoms with Gasteiger partial charge in [-0.1, -0.05) is 44.2 Å². The van der Waals surface area contributed by atoms with Gasteiger partial charge in [-0.25, -0.2) is 0 Å². The van der Waals surface area contributed by atoms with Gasteiger partial charge in [-0.15, -0.1) is 0 Å². The minimum atomic E-state index is -0.544. The summed E-state index contributed by atoms with van der Waals surface area (Å²) >= 11 is 5.90. The van der Waals surface area contributed by atoms with Crippen molar-refractivity contribution in [3.8, 4) is 0 Å². The molecule has 0 N–H and O–H groups in total. The third kappa shape index (κ3) is 9.97. The van der Waals surface area contributed by atoms with E-state index in [0.29, 0.717) is 6.04 Å². The van der Waals surface area contributed by atoms with Gasteiger partial charge in [-0.3, -0.25) is 0 Å². The fourth-order valence-electron chi connectivity index (χ4n) is 1.16. The highest BCUT2D eigenvalue weighted by Gasteiger charge is 2.10. The third-order valence-corrected chi connectivity index (χ3v) is 2.04. The largest absolute Gasteiger partial charge is 0.189 e. The molecule has 0 fully saturated rings. The van der Waals surface area contributed by atoms with Gasteiger partial charge in [0.2, 0.25) is 0 Å². The molecule has 0 aromatic heterocycles. The van der Waals surface area contributed by atoms with Crippen molar-refractivity contribution in [2.24, 2.45) is 10.2 Å². The van der Waals surface area contributed by atoms with Gasteiger partial charge in [-0.05, 0) is 27.2 Å². The Morgan fingerprint density at radius 2 is 1.86 bits per heavy atom. The zero-order valence-electron chi connectivity index (χ0n) is 9.89. The molecule has 0 aliphatic carbocycles. The van der Waals surface area contributed by atoms with Crippen molar-refractivity contribution in [3.05, 3.63) is 0 Å². The lowest BCUT2D eigenvalue weighted by Gasteiger charge is -2.09. The van der Waals surface area contributed by atoms with Gasteiger partial charge < -0.3 is 0 Å². The molecule has 0 aliphatic heterocycles. The van der Waals surface area contributed by atoms with Crippen LogP contribution in [0.2, 0.25) is 0 Å². The Morgan fingerprint density at radius 1 is 1.21 bits per heavy atom. The summed E-state index contributed by atoms with van der Waals surface area (Å²) in [6.45, 7) is 8.01. The van der Waals surface area contributed by atoms with Crippen LogP contribution >= 0.6 is 11.6 Å². The first-order chi connectivity index (χ1) is 6.45. The molecule has 0 amide bonds. The van der Waals surface area contributed by atoms with Crippen LogP contribution in [-0.2, 0) is 0 Å². The van der Waals surface area contributed by atoms with Crippen molar-refractivity contribution < 1.29 is 0 Å². The van der Waals surface area contributed by atoms with E-state index in [4.69, 9.17) is 11.6 Å².